The number of hydrogen-bond acceptors (Lipinski definition) is 4. The van der Waals surface area contributed by atoms with E-state index in [-0.39, 0.29) is 0 Å². The summed E-state index contributed by atoms with van der Waals surface area (Å²) in [5, 5.41) is 9.31. The lowest BCUT2D eigenvalue weighted by molar-refractivity contribution is 1.25. The van der Waals surface area contributed by atoms with E-state index in [1.54, 1.807) is 31.0 Å². The molecule has 3 rings (SSSR count). The highest BCUT2D eigenvalue weighted by Gasteiger charge is 2.13. The van der Waals surface area contributed by atoms with Crippen LogP contribution in [0, 0.1) is 11.3 Å². The van der Waals surface area contributed by atoms with Crippen LogP contribution in [0.4, 0.5) is 0 Å². The SMILES string of the molecule is N#Cc1nccc(-c2ccncc2)c1-c1ccncc1. The molecule has 4 heteroatoms. The molecule has 0 aromatic carbocycles. The first kappa shape index (κ1) is 12.0. The Morgan fingerprint density at radius 3 is 1.95 bits per heavy atom. The van der Waals surface area contributed by atoms with Crippen LogP contribution >= 0.6 is 0 Å². The predicted molar refractivity (Wildman–Crippen MR) is 75.4 cm³/mol. The fraction of sp³-hybridized carbons (Fsp3) is 0. The lowest BCUT2D eigenvalue weighted by atomic mass is 9.95. The Labute approximate surface area is 116 Å². The van der Waals surface area contributed by atoms with Crippen LogP contribution in [0.1, 0.15) is 5.69 Å². The molecule has 0 aliphatic heterocycles. The van der Waals surface area contributed by atoms with Gasteiger partial charge in [-0.15, -0.1) is 0 Å². The van der Waals surface area contributed by atoms with Gasteiger partial charge in [0.1, 0.15) is 11.8 Å². The molecule has 3 heterocycles. The number of pyridine rings is 3. The van der Waals surface area contributed by atoms with Crippen molar-refractivity contribution in [2.75, 3.05) is 0 Å². The smallest absolute Gasteiger partial charge is 0.148 e. The summed E-state index contributed by atoms with van der Waals surface area (Å²) in [4.78, 5) is 12.2. The average Bonchev–Trinajstić information content (AvgIpc) is 2.55. The summed E-state index contributed by atoms with van der Waals surface area (Å²) in [6.07, 6.45) is 8.54. The van der Waals surface area contributed by atoms with Crippen molar-refractivity contribution in [2.24, 2.45) is 0 Å². The molecule has 3 aromatic rings. The number of nitriles is 1. The summed E-state index contributed by atoms with van der Waals surface area (Å²) < 4.78 is 0. The Kier molecular flexibility index (Phi) is 3.17. The molecule has 0 bridgehead atoms. The van der Waals surface area contributed by atoms with Gasteiger partial charge in [0.05, 0.1) is 0 Å². The van der Waals surface area contributed by atoms with Crippen molar-refractivity contribution in [3.63, 3.8) is 0 Å². The van der Waals surface area contributed by atoms with Gasteiger partial charge in [-0.25, -0.2) is 4.98 Å². The van der Waals surface area contributed by atoms with Crippen LogP contribution in [-0.2, 0) is 0 Å². The van der Waals surface area contributed by atoms with Gasteiger partial charge in [0.25, 0.3) is 0 Å². The second-order valence-corrected chi connectivity index (χ2v) is 4.17. The lowest BCUT2D eigenvalue weighted by Gasteiger charge is -2.10. The maximum Gasteiger partial charge on any atom is 0.148 e. The van der Waals surface area contributed by atoms with Crippen LogP contribution in [0.3, 0.4) is 0 Å². The standard InChI is InChI=1S/C16H10N4/c17-11-15-16(13-3-8-19-9-4-13)14(5-10-20-15)12-1-6-18-7-2-12/h1-10H. The van der Waals surface area contributed by atoms with Crippen molar-refractivity contribution in [2.45, 2.75) is 0 Å². The summed E-state index contributed by atoms with van der Waals surface area (Å²) in [6, 6.07) is 11.7. The third kappa shape index (κ3) is 2.13. The molecule has 0 N–H and O–H groups in total. The third-order valence-corrected chi connectivity index (χ3v) is 3.02. The van der Waals surface area contributed by atoms with E-state index in [2.05, 4.69) is 21.0 Å². The van der Waals surface area contributed by atoms with Crippen LogP contribution in [0.5, 0.6) is 0 Å². The molecule has 20 heavy (non-hydrogen) atoms. The van der Waals surface area contributed by atoms with Gasteiger partial charge in [-0.1, -0.05) is 0 Å². The Bertz CT molecular complexity index is 761. The minimum absolute atomic E-state index is 0.408. The zero-order valence-electron chi connectivity index (χ0n) is 10.6. The summed E-state index contributed by atoms with van der Waals surface area (Å²) >= 11 is 0. The molecule has 0 radical (unpaired) electrons. The molecular weight excluding hydrogens is 248 g/mol. The molecule has 4 nitrogen and oxygen atoms in total. The van der Waals surface area contributed by atoms with E-state index in [1.807, 2.05) is 30.3 Å². The first-order chi connectivity index (χ1) is 9.90. The molecule has 0 saturated heterocycles. The Hall–Kier alpha value is -3.06. The van der Waals surface area contributed by atoms with Gasteiger partial charge in [0.2, 0.25) is 0 Å². The fourth-order valence-corrected chi connectivity index (χ4v) is 2.13. The Morgan fingerprint density at radius 1 is 0.750 bits per heavy atom. The monoisotopic (exact) mass is 258 g/mol. The molecule has 0 saturated carbocycles. The number of nitrogens with zero attached hydrogens (tertiary/aromatic N) is 4. The topological polar surface area (TPSA) is 62.5 Å². The zero-order valence-corrected chi connectivity index (χ0v) is 10.6. The summed E-state index contributed by atoms with van der Waals surface area (Å²) in [6.45, 7) is 0. The normalized spacial score (nSPS) is 9.95. The van der Waals surface area contributed by atoms with Gasteiger partial charge in [-0.05, 0) is 47.0 Å². The fourth-order valence-electron chi connectivity index (χ4n) is 2.13. The number of hydrogen-bond donors (Lipinski definition) is 0. The Morgan fingerprint density at radius 2 is 1.35 bits per heavy atom. The second kappa shape index (κ2) is 5.29. The molecule has 0 fully saturated rings. The number of aromatic nitrogens is 3. The first-order valence-corrected chi connectivity index (χ1v) is 6.10. The first-order valence-electron chi connectivity index (χ1n) is 6.10. The van der Waals surface area contributed by atoms with Crippen LogP contribution in [-0.4, -0.2) is 15.0 Å². The average molecular weight is 258 g/mol. The van der Waals surface area contributed by atoms with Crippen molar-refractivity contribution >= 4 is 0 Å². The van der Waals surface area contributed by atoms with E-state index < -0.39 is 0 Å². The molecule has 0 atom stereocenters. The Balaban J connectivity index is 2.30. The highest BCUT2D eigenvalue weighted by molar-refractivity contribution is 5.85. The largest absolute Gasteiger partial charge is 0.265 e. The van der Waals surface area contributed by atoms with Crippen LogP contribution < -0.4 is 0 Å². The van der Waals surface area contributed by atoms with Crippen molar-refractivity contribution in [1.29, 1.82) is 5.26 Å². The maximum atomic E-state index is 9.31. The maximum absolute atomic E-state index is 9.31. The van der Waals surface area contributed by atoms with E-state index in [4.69, 9.17) is 0 Å². The lowest BCUT2D eigenvalue weighted by Crippen LogP contribution is -1.93. The molecule has 0 aliphatic carbocycles. The van der Waals surface area contributed by atoms with E-state index >= 15 is 0 Å². The zero-order chi connectivity index (χ0) is 13.8. The summed E-state index contributed by atoms with van der Waals surface area (Å²) in [5.41, 5.74) is 4.13. The van der Waals surface area contributed by atoms with Crippen molar-refractivity contribution in [3.8, 4) is 28.3 Å². The molecule has 0 spiro atoms. The van der Waals surface area contributed by atoms with Crippen molar-refractivity contribution in [3.05, 3.63) is 67.0 Å². The van der Waals surface area contributed by atoms with Gasteiger partial charge >= 0.3 is 0 Å². The summed E-state index contributed by atoms with van der Waals surface area (Å²) in [7, 11) is 0. The minimum Gasteiger partial charge on any atom is -0.265 e. The van der Waals surface area contributed by atoms with Gasteiger partial charge in [0, 0.05) is 36.5 Å². The van der Waals surface area contributed by atoms with Crippen LogP contribution in [0.2, 0.25) is 0 Å². The second-order valence-electron chi connectivity index (χ2n) is 4.17. The quantitative estimate of drug-likeness (QED) is 0.708. The summed E-state index contributed by atoms with van der Waals surface area (Å²) in [5.74, 6) is 0. The van der Waals surface area contributed by atoms with Gasteiger partial charge in [0.15, 0.2) is 0 Å². The van der Waals surface area contributed by atoms with Crippen LogP contribution in [0.15, 0.2) is 61.3 Å². The number of rotatable bonds is 2. The molecule has 0 unspecified atom stereocenters. The third-order valence-electron chi connectivity index (χ3n) is 3.02. The van der Waals surface area contributed by atoms with Crippen molar-refractivity contribution in [1.82, 2.24) is 15.0 Å². The molecule has 94 valence electrons. The van der Waals surface area contributed by atoms with E-state index in [0.717, 1.165) is 22.3 Å². The molecule has 3 aromatic heterocycles. The predicted octanol–water partition coefficient (Wildman–Crippen LogP) is 3.08. The van der Waals surface area contributed by atoms with Gasteiger partial charge in [-0.3, -0.25) is 9.97 Å². The highest BCUT2D eigenvalue weighted by Crippen LogP contribution is 2.33. The highest BCUT2D eigenvalue weighted by atomic mass is 14.7. The van der Waals surface area contributed by atoms with E-state index in [1.165, 1.54) is 0 Å². The van der Waals surface area contributed by atoms with Gasteiger partial charge < -0.3 is 0 Å². The van der Waals surface area contributed by atoms with Crippen LogP contribution in [0.25, 0.3) is 22.3 Å². The van der Waals surface area contributed by atoms with Gasteiger partial charge in [-0.2, -0.15) is 5.26 Å². The van der Waals surface area contributed by atoms with E-state index in [0.29, 0.717) is 5.69 Å². The molecule has 0 amide bonds. The van der Waals surface area contributed by atoms with Crippen molar-refractivity contribution < 1.29 is 0 Å². The molecular formula is C16H10N4. The van der Waals surface area contributed by atoms with E-state index in [9.17, 15) is 5.26 Å². The molecule has 0 aliphatic rings. The minimum atomic E-state index is 0.408.